The maximum atomic E-state index is 11.8. The molecule has 0 aliphatic rings. The van der Waals surface area contributed by atoms with Crippen LogP contribution in [0.3, 0.4) is 0 Å². The summed E-state index contributed by atoms with van der Waals surface area (Å²) in [5.41, 5.74) is 0. The summed E-state index contributed by atoms with van der Waals surface area (Å²) in [6.07, 6.45) is -4.57. The molecule has 8 heteroatoms. The Labute approximate surface area is 68.3 Å². The third kappa shape index (κ3) is 3.88. The largest absolute Gasteiger partial charge is 0.404 e. The minimum atomic E-state index is -4.57. The molecule has 0 aromatic rings. The van der Waals surface area contributed by atoms with Crippen molar-refractivity contribution >= 4 is 10.2 Å². The number of hydrogen-bond donors (Lipinski definition) is 2. The molecule has 0 aliphatic carbocycles. The first-order valence-electron chi connectivity index (χ1n) is 2.96. The number of rotatable bonds is 3. The molecule has 1 unspecified atom stereocenters. The molecule has 0 spiro atoms. The van der Waals surface area contributed by atoms with E-state index in [-0.39, 0.29) is 0 Å². The fourth-order valence-corrected chi connectivity index (χ4v) is 1.08. The van der Waals surface area contributed by atoms with Gasteiger partial charge in [0.15, 0.2) is 0 Å². The highest BCUT2D eigenvalue weighted by molar-refractivity contribution is 7.87. The Morgan fingerprint density at radius 1 is 1.33 bits per heavy atom. The van der Waals surface area contributed by atoms with Crippen LogP contribution in [0.25, 0.3) is 0 Å². The number of hydrogen-bond acceptors (Lipinski definition) is 2. The lowest BCUT2D eigenvalue weighted by Crippen LogP contribution is -2.46. The lowest BCUT2D eigenvalue weighted by Gasteiger charge is -2.16. The highest BCUT2D eigenvalue weighted by Crippen LogP contribution is 2.19. The number of alkyl halides is 3. The van der Waals surface area contributed by atoms with Gasteiger partial charge in [0, 0.05) is 7.05 Å². The molecule has 0 saturated carbocycles. The van der Waals surface area contributed by atoms with E-state index in [1.807, 2.05) is 0 Å². The van der Waals surface area contributed by atoms with Crippen molar-refractivity contribution in [1.29, 1.82) is 0 Å². The summed E-state index contributed by atoms with van der Waals surface area (Å²) in [6, 6.07) is -2.09. The molecule has 0 fully saturated rings. The van der Waals surface area contributed by atoms with Gasteiger partial charge in [0.05, 0.1) is 0 Å². The van der Waals surface area contributed by atoms with Crippen molar-refractivity contribution < 1.29 is 21.6 Å². The zero-order valence-corrected chi connectivity index (χ0v) is 7.25. The van der Waals surface area contributed by atoms with Gasteiger partial charge < -0.3 is 0 Å². The summed E-state index contributed by atoms with van der Waals surface area (Å²) in [5.74, 6) is 0. The lowest BCUT2D eigenvalue weighted by molar-refractivity contribution is -0.147. The fraction of sp³-hybridized carbons (Fsp3) is 1.00. The Morgan fingerprint density at radius 2 is 1.75 bits per heavy atom. The Morgan fingerprint density at radius 3 is 2.00 bits per heavy atom. The molecule has 0 amide bonds. The van der Waals surface area contributed by atoms with Crippen LogP contribution in [0.5, 0.6) is 0 Å². The molecule has 0 heterocycles. The first kappa shape index (κ1) is 11.7. The maximum Gasteiger partial charge on any atom is 0.404 e. The molecule has 12 heavy (non-hydrogen) atoms. The first-order chi connectivity index (χ1) is 5.19. The van der Waals surface area contributed by atoms with E-state index >= 15 is 0 Å². The summed E-state index contributed by atoms with van der Waals surface area (Å²) < 4.78 is 59.4. The van der Waals surface area contributed by atoms with E-state index in [0.29, 0.717) is 0 Å². The minimum Gasteiger partial charge on any atom is -0.205 e. The molecule has 1 atom stereocenters. The average Bonchev–Trinajstić information content (AvgIpc) is 1.85. The highest BCUT2D eigenvalue weighted by Gasteiger charge is 2.38. The smallest absolute Gasteiger partial charge is 0.205 e. The molecule has 0 rings (SSSR count). The predicted octanol–water partition coefficient (Wildman–Crippen LogP) is -0.00900. The van der Waals surface area contributed by atoms with E-state index < -0.39 is 22.4 Å². The Bertz CT molecular complexity index is 235. The monoisotopic (exact) mass is 206 g/mol. The fourth-order valence-electron chi connectivity index (χ4n) is 0.358. The molecule has 74 valence electrons. The molecular weight excluding hydrogens is 197 g/mol. The molecule has 0 bridgehead atoms. The Kier molecular flexibility index (Phi) is 3.48. The van der Waals surface area contributed by atoms with Crippen molar-refractivity contribution in [3.05, 3.63) is 0 Å². The second-order valence-corrected chi connectivity index (χ2v) is 3.74. The third-order valence-corrected chi connectivity index (χ3v) is 2.29. The van der Waals surface area contributed by atoms with Gasteiger partial charge in [-0.15, -0.1) is 0 Å². The lowest BCUT2D eigenvalue weighted by atomic mass is 10.4. The van der Waals surface area contributed by atoms with Gasteiger partial charge in [0.25, 0.3) is 10.2 Å². The van der Waals surface area contributed by atoms with Gasteiger partial charge in [-0.25, -0.2) is 4.72 Å². The van der Waals surface area contributed by atoms with Crippen molar-refractivity contribution in [3.63, 3.8) is 0 Å². The van der Waals surface area contributed by atoms with Crippen molar-refractivity contribution in [2.24, 2.45) is 0 Å². The van der Waals surface area contributed by atoms with Crippen LogP contribution in [0.1, 0.15) is 6.92 Å². The molecule has 4 nitrogen and oxygen atoms in total. The molecule has 0 radical (unpaired) electrons. The number of nitrogens with one attached hydrogen (secondary N) is 2. The predicted molar refractivity (Wildman–Crippen MR) is 36.6 cm³/mol. The topological polar surface area (TPSA) is 58.2 Å². The molecule has 0 aliphatic heterocycles. The van der Waals surface area contributed by atoms with E-state index in [0.717, 1.165) is 14.0 Å². The van der Waals surface area contributed by atoms with Crippen molar-refractivity contribution in [1.82, 2.24) is 9.44 Å². The Hall–Kier alpha value is -0.340. The van der Waals surface area contributed by atoms with Crippen LogP contribution in [0, 0.1) is 0 Å². The van der Waals surface area contributed by atoms with Gasteiger partial charge in [-0.3, -0.25) is 0 Å². The van der Waals surface area contributed by atoms with E-state index in [1.165, 1.54) is 4.72 Å². The van der Waals surface area contributed by atoms with Crippen LogP contribution in [-0.2, 0) is 10.2 Å². The summed E-state index contributed by atoms with van der Waals surface area (Å²) in [7, 11) is -3.00. The number of halogens is 3. The van der Waals surface area contributed by atoms with Gasteiger partial charge in [0.2, 0.25) is 0 Å². The molecule has 0 aromatic heterocycles. The van der Waals surface area contributed by atoms with Crippen LogP contribution in [0.4, 0.5) is 13.2 Å². The van der Waals surface area contributed by atoms with Crippen LogP contribution >= 0.6 is 0 Å². The minimum absolute atomic E-state index is 0.717. The van der Waals surface area contributed by atoms with Crippen molar-refractivity contribution in [3.8, 4) is 0 Å². The van der Waals surface area contributed by atoms with Gasteiger partial charge in [-0.2, -0.15) is 26.3 Å². The highest BCUT2D eigenvalue weighted by atomic mass is 32.2. The third-order valence-electron chi connectivity index (χ3n) is 1.09. The van der Waals surface area contributed by atoms with E-state index in [9.17, 15) is 21.6 Å². The zero-order valence-electron chi connectivity index (χ0n) is 6.44. The van der Waals surface area contributed by atoms with Gasteiger partial charge in [-0.05, 0) is 6.92 Å². The second kappa shape index (κ2) is 3.58. The van der Waals surface area contributed by atoms with E-state index in [1.54, 1.807) is 4.72 Å². The van der Waals surface area contributed by atoms with Crippen LogP contribution in [0.2, 0.25) is 0 Å². The quantitative estimate of drug-likeness (QED) is 0.682. The van der Waals surface area contributed by atoms with E-state index in [2.05, 4.69) is 0 Å². The standard InChI is InChI=1S/C4H9F3N2O2S/c1-3(4(5,6)7)9-12(10,11)8-2/h3,8-9H,1-2H3. The van der Waals surface area contributed by atoms with Gasteiger partial charge >= 0.3 is 6.18 Å². The molecule has 0 aromatic carbocycles. The van der Waals surface area contributed by atoms with Gasteiger partial charge in [0.1, 0.15) is 6.04 Å². The summed E-state index contributed by atoms with van der Waals surface area (Å²) >= 11 is 0. The summed E-state index contributed by atoms with van der Waals surface area (Å²) in [6.45, 7) is 0.717. The van der Waals surface area contributed by atoms with Gasteiger partial charge in [-0.1, -0.05) is 0 Å². The second-order valence-electron chi connectivity index (χ2n) is 2.09. The normalized spacial score (nSPS) is 16.1. The average molecular weight is 206 g/mol. The zero-order chi connectivity index (χ0) is 9.99. The Balaban J connectivity index is 4.30. The van der Waals surface area contributed by atoms with Crippen LogP contribution < -0.4 is 9.44 Å². The SMILES string of the molecule is CNS(=O)(=O)NC(C)C(F)(F)F. The molecular formula is C4H9F3N2O2S. The van der Waals surface area contributed by atoms with Crippen LogP contribution in [0.15, 0.2) is 0 Å². The summed E-state index contributed by atoms with van der Waals surface area (Å²) in [5, 5.41) is 0. The maximum absolute atomic E-state index is 11.8. The van der Waals surface area contributed by atoms with E-state index in [4.69, 9.17) is 0 Å². The first-order valence-corrected chi connectivity index (χ1v) is 4.45. The summed E-state index contributed by atoms with van der Waals surface area (Å²) in [4.78, 5) is 0. The van der Waals surface area contributed by atoms with Crippen molar-refractivity contribution in [2.45, 2.75) is 19.1 Å². The van der Waals surface area contributed by atoms with Crippen LogP contribution in [-0.4, -0.2) is 27.7 Å². The molecule has 2 N–H and O–H groups in total. The van der Waals surface area contributed by atoms with Crippen molar-refractivity contribution in [2.75, 3.05) is 7.05 Å². The molecule has 0 saturated heterocycles.